The van der Waals surface area contributed by atoms with E-state index in [1.807, 2.05) is 0 Å². The Morgan fingerprint density at radius 3 is 2.40 bits per heavy atom. The van der Waals surface area contributed by atoms with Gasteiger partial charge in [-0.15, -0.1) is 0 Å². The number of rotatable bonds is 4. The Hall–Kier alpha value is -0.870. The largest absolute Gasteiger partial charge is 0.353 e. The summed E-state index contributed by atoms with van der Waals surface area (Å²) < 4.78 is 1.13. The van der Waals surface area contributed by atoms with Gasteiger partial charge in [-0.25, -0.2) is 0 Å². The number of nitrogens with one attached hydrogen (secondary N) is 1. The lowest BCUT2D eigenvalue weighted by Gasteiger charge is -2.32. The van der Waals surface area contributed by atoms with Crippen molar-refractivity contribution in [1.29, 1.82) is 0 Å². The highest BCUT2D eigenvalue weighted by atomic mass is 79.9. The molecule has 1 amide bonds. The van der Waals surface area contributed by atoms with Crippen LogP contribution in [0.3, 0.4) is 0 Å². The topological polar surface area (TPSA) is 32.3 Å². The second-order valence-electron chi connectivity index (χ2n) is 5.96. The molecular weight excluding hydrogens is 316 g/mol. The molecule has 4 heteroatoms. The van der Waals surface area contributed by atoms with Crippen molar-refractivity contribution >= 4 is 21.8 Å². The molecule has 20 heavy (non-hydrogen) atoms. The van der Waals surface area contributed by atoms with Gasteiger partial charge in [-0.05, 0) is 43.4 Å². The van der Waals surface area contributed by atoms with Crippen LogP contribution in [0.5, 0.6) is 0 Å². The summed E-state index contributed by atoms with van der Waals surface area (Å²) in [5.41, 5.74) is 1.36. The highest BCUT2D eigenvalue weighted by Crippen LogP contribution is 2.29. The molecule has 0 radical (unpaired) electrons. The van der Waals surface area contributed by atoms with Gasteiger partial charge in [0.1, 0.15) is 0 Å². The third-order valence-electron chi connectivity index (χ3n) is 4.20. The van der Waals surface area contributed by atoms with Gasteiger partial charge < -0.3 is 5.32 Å². The molecule has 1 heterocycles. The fraction of sp³-hybridized carbons (Fsp3) is 0.562. The molecule has 0 aromatic heterocycles. The molecule has 2 aliphatic rings. The van der Waals surface area contributed by atoms with E-state index in [2.05, 4.69) is 50.4 Å². The number of likely N-dealkylation sites (tertiary alicyclic amines) is 1. The number of hydrogen-bond donors (Lipinski definition) is 1. The van der Waals surface area contributed by atoms with E-state index in [0.717, 1.165) is 49.8 Å². The molecule has 1 saturated carbocycles. The molecule has 0 atom stereocenters. The van der Waals surface area contributed by atoms with Crippen molar-refractivity contribution in [2.24, 2.45) is 5.92 Å². The summed E-state index contributed by atoms with van der Waals surface area (Å²) in [5, 5.41) is 3.20. The lowest BCUT2D eigenvalue weighted by molar-refractivity contribution is -0.123. The van der Waals surface area contributed by atoms with Crippen LogP contribution in [0.25, 0.3) is 0 Å². The van der Waals surface area contributed by atoms with Crippen LogP contribution in [0, 0.1) is 5.92 Å². The summed E-state index contributed by atoms with van der Waals surface area (Å²) in [4.78, 5) is 14.2. The van der Waals surface area contributed by atoms with Crippen molar-refractivity contribution in [3.63, 3.8) is 0 Å². The fourth-order valence-corrected chi connectivity index (χ4v) is 3.01. The lowest BCUT2D eigenvalue weighted by Crippen LogP contribution is -2.44. The van der Waals surface area contributed by atoms with E-state index in [-0.39, 0.29) is 5.91 Å². The van der Waals surface area contributed by atoms with Crippen molar-refractivity contribution in [3.05, 3.63) is 34.3 Å². The van der Waals surface area contributed by atoms with E-state index >= 15 is 0 Å². The molecule has 3 rings (SSSR count). The van der Waals surface area contributed by atoms with Crippen molar-refractivity contribution in [1.82, 2.24) is 10.2 Å². The first kappa shape index (κ1) is 14.1. The molecule has 1 aromatic rings. The van der Waals surface area contributed by atoms with Gasteiger partial charge in [0.2, 0.25) is 5.91 Å². The summed E-state index contributed by atoms with van der Waals surface area (Å²) >= 11 is 3.46. The average molecular weight is 337 g/mol. The minimum Gasteiger partial charge on any atom is -0.353 e. The normalized spacial score (nSPS) is 20.9. The number of nitrogens with zero attached hydrogens (tertiary/aromatic N) is 1. The summed E-state index contributed by atoms with van der Waals surface area (Å²) in [7, 11) is 0. The van der Waals surface area contributed by atoms with Crippen LogP contribution in [0.1, 0.15) is 31.2 Å². The number of carbonyl (C=O) groups is 1. The Kier molecular flexibility index (Phi) is 4.41. The molecule has 3 nitrogen and oxygen atoms in total. The van der Waals surface area contributed by atoms with Gasteiger partial charge in [0.25, 0.3) is 0 Å². The quantitative estimate of drug-likeness (QED) is 0.916. The monoisotopic (exact) mass is 336 g/mol. The number of benzene rings is 1. The predicted molar refractivity (Wildman–Crippen MR) is 83.3 cm³/mol. The first-order chi connectivity index (χ1) is 9.70. The highest BCUT2D eigenvalue weighted by molar-refractivity contribution is 9.10. The van der Waals surface area contributed by atoms with Crippen LogP contribution < -0.4 is 5.32 Å². The first-order valence-electron chi connectivity index (χ1n) is 7.48. The maximum absolute atomic E-state index is 11.7. The second-order valence-corrected chi connectivity index (χ2v) is 6.88. The minimum absolute atomic E-state index is 0.288. The van der Waals surface area contributed by atoms with E-state index < -0.39 is 0 Å². The summed E-state index contributed by atoms with van der Waals surface area (Å²) in [5.74, 6) is 0.618. The molecule has 0 unspecified atom stereocenters. The number of halogens is 1. The molecule has 1 aliphatic carbocycles. The zero-order valence-corrected chi connectivity index (χ0v) is 13.2. The summed E-state index contributed by atoms with van der Waals surface area (Å²) in [6, 6.07) is 8.93. The smallest absolute Gasteiger partial charge is 0.223 e. The maximum Gasteiger partial charge on any atom is 0.223 e. The standard InChI is InChI=1S/C16H21BrN2O/c17-14-5-1-12(2-6-14)11-19-9-7-15(8-10-19)18-16(20)13-3-4-13/h1-2,5-6,13,15H,3-4,7-11H2,(H,18,20). The predicted octanol–water partition coefficient (Wildman–Crippen LogP) is 2.94. The Morgan fingerprint density at radius 1 is 1.15 bits per heavy atom. The molecule has 0 spiro atoms. The van der Waals surface area contributed by atoms with E-state index in [4.69, 9.17) is 0 Å². The number of amides is 1. The molecule has 1 aliphatic heterocycles. The second kappa shape index (κ2) is 6.27. The Balaban J connectivity index is 1.43. The van der Waals surface area contributed by atoms with Crippen molar-refractivity contribution in [3.8, 4) is 0 Å². The number of hydrogen-bond acceptors (Lipinski definition) is 2. The van der Waals surface area contributed by atoms with E-state index in [1.165, 1.54) is 5.56 Å². The molecule has 2 fully saturated rings. The maximum atomic E-state index is 11.7. The number of piperidine rings is 1. The average Bonchev–Trinajstić information content (AvgIpc) is 3.28. The van der Waals surface area contributed by atoms with Crippen LogP contribution in [0.2, 0.25) is 0 Å². The van der Waals surface area contributed by atoms with Crippen molar-refractivity contribution in [2.75, 3.05) is 13.1 Å². The van der Waals surface area contributed by atoms with Gasteiger partial charge in [-0.2, -0.15) is 0 Å². The molecule has 0 bridgehead atoms. The Labute approximate surface area is 128 Å². The van der Waals surface area contributed by atoms with E-state index in [1.54, 1.807) is 0 Å². The van der Waals surface area contributed by atoms with Gasteiger partial charge in [-0.3, -0.25) is 9.69 Å². The van der Waals surface area contributed by atoms with Crippen LogP contribution in [-0.4, -0.2) is 29.9 Å². The Morgan fingerprint density at radius 2 is 1.80 bits per heavy atom. The number of carbonyl (C=O) groups excluding carboxylic acids is 1. The first-order valence-corrected chi connectivity index (χ1v) is 8.27. The molecule has 108 valence electrons. The van der Waals surface area contributed by atoms with Gasteiger partial charge in [0.15, 0.2) is 0 Å². The van der Waals surface area contributed by atoms with E-state index in [0.29, 0.717) is 12.0 Å². The molecule has 1 N–H and O–H groups in total. The van der Waals surface area contributed by atoms with E-state index in [9.17, 15) is 4.79 Å². The highest BCUT2D eigenvalue weighted by Gasteiger charge is 2.31. The summed E-state index contributed by atoms with van der Waals surface area (Å²) in [6.07, 6.45) is 4.34. The zero-order chi connectivity index (χ0) is 13.9. The molecule has 1 saturated heterocycles. The van der Waals surface area contributed by atoms with Crippen LogP contribution in [0.4, 0.5) is 0 Å². The lowest BCUT2D eigenvalue weighted by atomic mass is 10.0. The third-order valence-corrected chi connectivity index (χ3v) is 4.73. The van der Waals surface area contributed by atoms with Crippen LogP contribution in [0.15, 0.2) is 28.7 Å². The zero-order valence-electron chi connectivity index (χ0n) is 11.6. The molecular formula is C16H21BrN2O. The third kappa shape index (κ3) is 3.83. The summed E-state index contributed by atoms with van der Waals surface area (Å²) in [6.45, 7) is 3.16. The van der Waals surface area contributed by atoms with Crippen LogP contribution in [-0.2, 0) is 11.3 Å². The van der Waals surface area contributed by atoms with Crippen molar-refractivity contribution < 1.29 is 4.79 Å². The fourth-order valence-electron chi connectivity index (χ4n) is 2.75. The van der Waals surface area contributed by atoms with Gasteiger partial charge >= 0.3 is 0 Å². The van der Waals surface area contributed by atoms with Crippen LogP contribution >= 0.6 is 15.9 Å². The van der Waals surface area contributed by atoms with Gasteiger partial charge in [0.05, 0.1) is 0 Å². The minimum atomic E-state index is 0.288. The van der Waals surface area contributed by atoms with Crippen molar-refractivity contribution in [2.45, 2.75) is 38.3 Å². The molecule has 1 aromatic carbocycles. The Bertz CT molecular complexity index is 462. The van der Waals surface area contributed by atoms with Gasteiger partial charge in [0, 0.05) is 36.1 Å². The SMILES string of the molecule is O=C(NC1CCN(Cc2ccc(Br)cc2)CC1)C1CC1. The van der Waals surface area contributed by atoms with Gasteiger partial charge in [-0.1, -0.05) is 28.1 Å².